The zero-order chi connectivity index (χ0) is 16.9. The molecule has 1 aromatic heterocycles. The number of nitrogens with one attached hydrogen (secondary N) is 1. The average Bonchev–Trinajstić information content (AvgIpc) is 3.08. The second-order valence-electron chi connectivity index (χ2n) is 5.26. The highest BCUT2D eigenvalue weighted by atomic mass is 32.2. The molecule has 5 nitrogen and oxygen atoms in total. The molecule has 1 amide bonds. The van der Waals surface area contributed by atoms with Gasteiger partial charge in [0, 0.05) is 10.5 Å². The molecule has 2 aromatic carbocycles. The van der Waals surface area contributed by atoms with Gasteiger partial charge in [-0.2, -0.15) is 4.98 Å². The number of thioether (sulfide) groups is 1. The molecule has 0 saturated heterocycles. The molecule has 0 radical (unpaired) electrons. The Balaban J connectivity index is 1.68. The van der Waals surface area contributed by atoms with Crippen molar-refractivity contribution in [2.75, 3.05) is 6.26 Å². The van der Waals surface area contributed by atoms with Crippen LogP contribution in [-0.2, 0) is 6.54 Å². The third-order valence-corrected chi connectivity index (χ3v) is 4.29. The molecule has 0 spiro atoms. The Morgan fingerprint density at radius 3 is 2.83 bits per heavy atom. The van der Waals surface area contributed by atoms with Crippen LogP contribution in [0, 0.1) is 6.92 Å². The zero-order valence-corrected chi connectivity index (χ0v) is 14.3. The van der Waals surface area contributed by atoms with Crippen LogP contribution >= 0.6 is 11.8 Å². The Morgan fingerprint density at radius 2 is 2.04 bits per heavy atom. The molecular formula is C18H17N3O2S. The Labute approximate surface area is 144 Å². The van der Waals surface area contributed by atoms with E-state index in [-0.39, 0.29) is 12.5 Å². The summed E-state index contributed by atoms with van der Waals surface area (Å²) in [6.45, 7) is 2.20. The van der Waals surface area contributed by atoms with Gasteiger partial charge in [0.2, 0.25) is 11.7 Å². The van der Waals surface area contributed by atoms with E-state index in [0.29, 0.717) is 17.3 Å². The molecule has 0 unspecified atom stereocenters. The molecule has 0 fully saturated rings. The first-order valence-electron chi connectivity index (χ1n) is 7.48. The Morgan fingerprint density at radius 1 is 1.21 bits per heavy atom. The first-order valence-corrected chi connectivity index (χ1v) is 8.70. The summed E-state index contributed by atoms with van der Waals surface area (Å²) >= 11 is 1.54. The number of carbonyl (C=O) groups excluding carboxylic acids is 1. The SMILES string of the molecule is CSc1ccccc1C(=O)NCc1nc(-c2cccc(C)c2)no1. The predicted octanol–water partition coefficient (Wildman–Crippen LogP) is 3.70. The van der Waals surface area contributed by atoms with Gasteiger partial charge in [0.25, 0.3) is 5.91 Å². The van der Waals surface area contributed by atoms with Crippen molar-refractivity contribution in [2.24, 2.45) is 0 Å². The molecule has 3 rings (SSSR count). The summed E-state index contributed by atoms with van der Waals surface area (Å²) in [5.74, 6) is 0.740. The third kappa shape index (κ3) is 3.65. The minimum absolute atomic E-state index is 0.157. The molecule has 0 aliphatic rings. The maximum atomic E-state index is 12.3. The molecular weight excluding hydrogens is 322 g/mol. The van der Waals surface area contributed by atoms with Gasteiger partial charge in [0.15, 0.2) is 0 Å². The summed E-state index contributed by atoms with van der Waals surface area (Å²) in [5.41, 5.74) is 2.66. The van der Waals surface area contributed by atoms with E-state index in [2.05, 4.69) is 15.5 Å². The molecule has 24 heavy (non-hydrogen) atoms. The van der Waals surface area contributed by atoms with Crippen LogP contribution in [0.2, 0.25) is 0 Å². The molecule has 1 heterocycles. The van der Waals surface area contributed by atoms with Gasteiger partial charge in [-0.1, -0.05) is 41.1 Å². The molecule has 0 aliphatic heterocycles. The second-order valence-corrected chi connectivity index (χ2v) is 6.11. The minimum atomic E-state index is -0.157. The Kier molecular flexibility index (Phi) is 4.96. The summed E-state index contributed by atoms with van der Waals surface area (Å²) in [5, 5.41) is 6.79. The maximum Gasteiger partial charge on any atom is 0.252 e. The number of rotatable bonds is 5. The second kappa shape index (κ2) is 7.31. The van der Waals surface area contributed by atoms with E-state index in [0.717, 1.165) is 16.0 Å². The van der Waals surface area contributed by atoms with Crippen molar-refractivity contribution in [3.8, 4) is 11.4 Å². The Bertz CT molecular complexity index is 861. The topological polar surface area (TPSA) is 68.0 Å². The monoisotopic (exact) mass is 339 g/mol. The van der Waals surface area contributed by atoms with Crippen molar-refractivity contribution in [2.45, 2.75) is 18.4 Å². The number of hydrogen-bond acceptors (Lipinski definition) is 5. The lowest BCUT2D eigenvalue weighted by atomic mass is 10.1. The molecule has 0 atom stereocenters. The van der Waals surface area contributed by atoms with Gasteiger partial charge in [-0.3, -0.25) is 4.79 Å². The zero-order valence-electron chi connectivity index (χ0n) is 13.4. The van der Waals surface area contributed by atoms with E-state index in [9.17, 15) is 4.79 Å². The van der Waals surface area contributed by atoms with E-state index in [1.165, 1.54) is 11.8 Å². The number of nitrogens with zero attached hydrogens (tertiary/aromatic N) is 2. The lowest BCUT2D eigenvalue weighted by Gasteiger charge is -2.06. The van der Waals surface area contributed by atoms with Crippen molar-refractivity contribution in [3.05, 3.63) is 65.5 Å². The van der Waals surface area contributed by atoms with Gasteiger partial charge in [-0.25, -0.2) is 0 Å². The number of aromatic nitrogens is 2. The van der Waals surface area contributed by atoms with Crippen LogP contribution in [0.1, 0.15) is 21.8 Å². The number of benzene rings is 2. The molecule has 3 aromatic rings. The van der Waals surface area contributed by atoms with Gasteiger partial charge in [-0.15, -0.1) is 11.8 Å². The number of hydrogen-bond donors (Lipinski definition) is 1. The lowest BCUT2D eigenvalue weighted by Crippen LogP contribution is -2.23. The number of aryl methyl sites for hydroxylation is 1. The van der Waals surface area contributed by atoms with Crippen molar-refractivity contribution >= 4 is 17.7 Å². The number of amides is 1. The van der Waals surface area contributed by atoms with Crippen LogP contribution in [-0.4, -0.2) is 22.3 Å². The van der Waals surface area contributed by atoms with Crippen LogP contribution in [0.4, 0.5) is 0 Å². The maximum absolute atomic E-state index is 12.3. The van der Waals surface area contributed by atoms with E-state index in [1.807, 2.05) is 55.6 Å². The fraction of sp³-hybridized carbons (Fsp3) is 0.167. The van der Waals surface area contributed by atoms with Crippen LogP contribution in [0.15, 0.2) is 57.9 Å². The summed E-state index contributed by atoms with van der Waals surface area (Å²) in [7, 11) is 0. The molecule has 0 bridgehead atoms. The molecule has 0 aliphatic carbocycles. The summed E-state index contributed by atoms with van der Waals surface area (Å²) < 4.78 is 5.22. The molecule has 0 saturated carbocycles. The fourth-order valence-electron chi connectivity index (χ4n) is 2.31. The third-order valence-electron chi connectivity index (χ3n) is 3.50. The van der Waals surface area contributed by atoms with E-state index in [4.69, 9.17) is 4.52 Å². The smallest absolute Gasteiger partial charge is 0.252 e. The standard InChI is InChI=1S/C18H17N3O2S/c1-12-6-5-7-13(10-12)17-20-16(23-21-17)11-19-18(22)14-8-3-4-9-15(14)24-2/h3-10H,11H2,1-2H3,(H,19,22). The van der Waals surface area contributed by atoms with Crippen LogP contribution < -0.4 is 5.32 Å². The van der Waals surface area contributed by atoms with Crippen LogP contribution in [0.3, 0.4) is 0 Å². The predicted molar refractivity (Wildman–Crippen MR) is 93.9 cm³/mol. The first kappa shape index (κ1) is 16.3. The summed E-state index contributed by atoms with van der Waals surface area (Å²) in [6, 6.07) is 15.3. The van der Waals surface area contributed by atoms with E-state index in [1.54, 1.807) is 6.07 Å². The molecule has 6 heteroatoms. The van der Waals surface area contributed by atoms with Gasteiger partial charge < -0.3 is 9.84 Å². The minimum Gasteiger partial charge on any atom is -0.343 e. The number of carbonyl (C=O) groups is 1. The van der Waals surface area contributed by atoms with Crippen molar-refractivity contribution < 1.29 is 9.32 Å². The average molecular weight is 339 g/mol. The van der Waals surface area contributed by atoms with Crippen molar-refractivity contribution in [1.29, 1.82) is 0 Å². The molecule has 1 N–H and O–H groups in total. The highest BCUT2D eigenvalue weighted by molar-refractivity contribution is 7.98. The van der Waals surface area contributed by atoms with Crippen LogP contribution in [0.5, 0.6) is 0 Å². The van der Waals surface area contributed by atoms with Crippen molar-refractivity contribution in [3.63, 3.8) is 0 Å². The van der Waals surface area contributed by atoms with Gasteiger partial charge in [-0.05, 0) is 31.4 Å². The van der Waals surface area contributed by atoms with Crippen LogP contribution in [0.25, 0.3) is 11.4 Å². The summed E-state index contributed by atoms with van der Waals surface area (Å²) in [4.78, 5) is 17.6. The normalized spacial score (nSPS) is 10.6. The fourth-order valence-corrected chi connectivity index (χ4v) is 2.91. The quantitative estimate of drug-likeness (QED) is 0.718. The first-order chi connectivity index (χ1) is 11.7. The highest BCUT2D eigenvalue weighted by Gasteiger charge is 2.13. The van der Waals surface area contributed by atoms with Gasteiger partial charge in [0.05, 0.1) is 12.1 Å². The van der Waals surface area contributed by atoms with Crippen molar-refractivity contribution in [1.82, 2.24) is 15.5 Å². The van der Waals surface area contributed by atoms with Gasteiger partial charge in [0.1, 0.15) is 0 Å². The van der Waals surface area contributed by atoms with E-state index >= 15 is 0 Å². The largest absolute Gasteiger partial charge is 0.343 e. The van der Waals surface area contributed by atoms with Gasteiger partial charge >= 0.3 is 0 Å². The van der Waals surface area contributed by atoms with E-state index < -0.39 is 0 Å². The molecule has 122 valence electrons. The highest BCUT2D eigenvalue weighted by Crippen LogP contribution is 2.20. The lowest BCUT2D eigenvalue weighted by molar-refractivity contribution is 0.0943. The summed E-state index contributed by atoms with van der Waals surface area (Å²) in [6.07, 6.45) is 1.94. The Hall–Kier alpha value is -2.60.